The van der Waals surface area contributed by atoms with Gasteiger partial charge < -0.3 is 19.7 Å². The minimum absolute atomic E-state index is 0. The van der Waals surface area contributed by atoms with Gasteiger partial charge in [-0.1, -0.05) is 12.1 Å². The first-order chi connectivity index (χ1) is 10.8. The summed E-state index contributed by atoms with van der Waals surface area (Å²) in [5, 5.41) is 3.36. The van der Waals surface area contributed by atoms with Crippen LogP contribution in [0.15, 0.2) is 24.3 Å². The van der Waals surface area contributed by atoms with Crippen LogP contribution < -0.4 is 10.2 Å². The molecule has 5 heteroatoms. The Hall–Kier alpha value is -1.59. The average molecular weight is 306 g/mol. The SMILES string of the molecule is CCOC(=O)[C@@H]1OCC[C@@H]1c1ccc(N2CCNCC2)cc1.[HH]. The highest BCUT2D eigenvalue weighted by molar-refractivity contribution is 5.76. The number of anilines is 1. The maximum Gasteiger partial charge on any atom is 0.335 e. The molecule has 0 spiro atoms. The minimum atomic E-state index is -0.454. The summed E-state index contributed by atoms with van der Waals surface area (Å²) >= 11 is 0. The van der Waals surface area contributed by atoms with Crippen LogP contribution in [0.2, 0.25) is 0 Å². The van der Waals surface area contributed by atoms with E-state index < -0.39 is 6.10 Å². The van der Waals surface area contributed by atoms with Crippen LogP contribution in [0.25, 0.3) is 0 Å². The number of hydrogen-bond donors (Lipinski definition) is 1. The van der Waals surface area contributed by atoms with Gasteiger partial charge in [-0.15, -0.1) is 0 Å². The third-order valence-corrected chi connectivity index (χ3v) is 4.41. The van der Waals surface area contributed by atoms with E-state index in [2.05, 4.69) is 34.5 Å². The second-order valence-electron chi connectivity index (χ2n) is 5.77. The fraction of sp³-hybridized carbons (Fsp3) is 0.588. The van der Waals surface area contributed by atoms with E-state index in [-0.39, 0.29) is 13.3 Å². The molecule has 2 aliphatic heterocycles. The highest BCUT2D eigenvalue weighted by Gasteiger charge is 2.36. The average Bonchev–Trinajstić information content (AvgIpc) is 3.06. The third kappa shape index (κ3) is 3.25. The van der Waals surface area contributed by atoms with Crippen molar-refractivity contribution in [2.24, 2.45) is 0 Å². The maximum absolute atomic E-state index is 12.0. The number of hydrogen-bond acceptors (Lipinski definition) is 5. The zero-order chi connectivity index (χ0) is 15.4. The lowest BCUT2D eigenvalue weighted by atomic mass is 9.92. The molecular formula is C17H26N2O3. The monoisotopic (exact) mass is 306 g/mol. The van der Waals surface area contributed by atoms with E-state index in [9.17, 15) is 4.79 Å². The quantitative estimate of drug-likeness (QED) is 0.859. The third-order valence-electron chi connectivity index (χ3n) is 4.41. The van der Waals surface area contributed by atoms with Crippen LogP contribution >= 0.6 is 0 Å². The van der Waals surface area contributed by atoms with Crippen LogP contribution in [0.5, 0.6) is 0 Å². The maximum atomic E-state index is 12.0. The highest BCUT2D eigenvalue weighted by Crippen LogP contribution is 2.33. The second kappa shape index (κ2) is 7.11. The normalized spacial score (nSPS) is 25.2. The zero-order valence-electron chi connectivity index (χ0n) is 13.1. The molecule has 2 fully saturated rings. The van der Waals surface area contributed by atoms with E-state index >= 15 is 0 Å². The number of esters is 1. The second-order valence-corrected chi connectivity index (χ2v) is 5.77. The van der Waals surface area contributed by atoms with E-state index in [4.69, 9.17) is 9.47 Å². The molecule has 2 atom stereocenters. The Labute approximate surface area is 133 Å². The number of ether oxygens (including phenoxy) is 2. The van der Waals surface area contributed by atoms with Crippen molar-refractivity contribution in [3.63, 3.8) is 0 Å². The molecule has 3 rings (SSSR count). The van der Waals surface area contributed by atoms with E-state index in [0.717, 1.165) is 38.2 Å². The summed E-state index contributed by atoms with van der Waals surface area (Å²) in [4.78, 5) is 14.4. The van der Waals surface area contributed by atoms with Gasteiger partial charge in [0.25, 0.3) is 0 Å². The first-order valence-electron chi connectivity index (χ1n) is 8.13. The van der Waals surface area contributed by atoms with Gasteiger partial charge in [0.15, 0.2) is 6.10 Å². The van der Waals surface area contributed by atoms with Gasteiger partial charge in [0.1, 0.15) is 0 Å². The van der Waals surface area contributed by atoms with Gasteiger partial charge in [-0.3, -0.25) is 0 Å². The van der Waals surface area contributed by atoms with Gasteiger partial charge in [0.05, 0.1) is 6.61 Å². The van der Waals surface area contributed by atoms with Gasteiger partial charge >= 0.3 is 5.97 Å². The van der Waals surface area contributed by atoms with Gasteiger partial charge in [0.2, 0.25) is 0 Å². The summed E-state index contributed by atoms with van der Waals surface area (Å²) in [6, 6.07) is 8.56. The summed E-state index contributed by atoms with van der Waals surface area (Å²) in [5.74, 6) is -0.132. The minimum Gasteiger partial charge on any atom is -0.464 e. The lowest BCUT2D eigenvalue weighted by molar-refractivity contribution is -0.154. The number of carbonyl (C=O) groups excluding carboxylic acids is 1. The Morgan fingerprint density at radius 3 is 2.77 bits per heavy atom. The molecular weight excluding hydrogens is 280 g/mol. The van der Waals surface area contributed by atoms with Crippen molar-refractivity contribution < 1.29 is 15.7 Å². The van der Waals surface area contributed by atoms with Crippen molar-refractivity contribution in [1.82, 2.24) is 5.32 Å². The largest absolute Gasteiger partial charge is 0.464 e. The Kier molecular flexibility index (Phi) is 4.95. The van der Waals surface area contributed by atoms with Crippen molar-refractivity contribution in [2.45, 2.75) is 25.4 Å². The first kappa shape index (κ1) is 15.3. The Morgan fingerprint density at radius 2 is 2.09 bits per heavy atom. The van der Waals surface area contributed by atoms with Gasteiger partial charge in [-0.25, -0.2) is 4.79 Å². The number of benzene rings is 1. The molecule has 1 aromatic rings. The molecule has 122 valence electrons. The van der Waals surface area contributed by atoms with Gasteiger partial charge in [-0.2, -0.15) is 0 Å². The molecule has 0 aliphatic carbocycles. The Morgan fingerprint density at radius 1 is 1.36 bits per heavy atom. The first-order valence-corrected chi connectivity index (χ1v) is 8.13. The molecule has 2 saturated heterocycles. The van der Waals surface area contributed by atoms with E-state index in [1.165, 1.54) is 5.69 Å². The van der Waals surface area contributed by atoms with Crippen LogP contribution in [-0.4, -0.2) is 51.5 Å². The smallest absolute Gasteiger partial charge is 0.335 e. The summed E-state index contributed by atoms with van der Waals surface area (Å²) in [6.07, 6.45) is 0.418. The van der Waals surface area contributed by atoms with Crippen molar-refractivity contribution in [1.29, 1.82) is 0 Å². The number of piperazine rings is 1. The Bertz CT molecular complexity index is 503. The molecule has 0 unspecified atom stereocenters. The van der Waals surface area contributed by atoms with E-state index in [0.29, 0.717) is 13.2 Å². The molecule has 0 bridgehead atoms. The molecule has 0 aromatic heterocycles. The van der Waals surface area contributed by atoms with Crippen molar-refractivity contribution in [3.05, 3.63) is 29.8 Å². The summed E-state index contributed by atoms with van der Waals surface area (Å²) < 4.78 is 10.7. The molecule has 1 N–H and O–H groups in total. The Balaban J connectivity index is 0.00000192. The van der Waals surface area contributed by atoms with Crippen LogP contribution in [0.3, 0.4) is 0 Å². The van der Waals surface area contributed by atoms with Crippen molar-refractivity contribution >= 4 is 11.7 Å². The summed E-state index contributed by atoms with van der Waals surface area (Å²) in [6.45, 7) is 6.98. The van der Waals surface area contributed by atoms with E-state index in [1.807, 2.05) is 6.92 Å². The number of nitrogens with one attached hydrogen (secondary N) is 1. The van der Waals surface area contributed by atoms with Crippen molar-refractivity contribution in [2.75, 3.05) is 44.3 Å². The van der Waals surface area contributed by atoms with Crippen LogP contribution in [0.4, 0.5) is 5.69 Å². The molecule has 2 aliphatic rings. The predicted octanol–water partition coefficient (Wildman–Crippen LogP) is 1.78. The molecule has 0 amide bonds. The summed E-state index contributed by atoms with van der Waals surface area (Å²) in [5.41, 5.74) is 2.41. The fourth-order valence-corrected chi connectivity index (χ4v) is 3.24. The topological polar surface area (TPSA) is 50.8 Å². The molecule has 0 radical (unpaired) electrons. The van der Waals surface area contributed by atoms with Crippen LogP contribution in [0.1, 0.15) is 26.3 Å². The fourth-order valence-electron chi connectivity index (χ4n) is 3.24. The lowest BCUT2D eigenvalue weighted by Crippen LogP contribution is -2.43. The molecule has 0 saturated carbocycles. The number of carbonyl (C=O) groups is 1. The van der Waals surface area contributed by atoms with Crippen molar-refractivity contribution in [3.8, 4) is 0 Å². The van der Waals surface area contributed by atoms with Crippen LogP contribution in [-0.2, 0) is 14.3 Å². The predicted molar refractivity (Wildman–Crippen MR) is 87.4 cm³/mol. The lowest BCUT2D eigenvalue weighted by Gasteiger charge is -2.29. The molecule has 5 nitrogen and oxygen atoms in total. The standard InChI is InChI=1S/C17H24N2O3.H2/c1-2-21-17(20)16-15(7-12-22-16)13-3-5-14(6-4-13)19-10-8-18-9-11-19;/h3-6,15-16,18H,2,7-12H2,1H3;1H/t15-,16-;/m1./s1. The zero-order valence-corrected chi connectivity index (χ0v) is 13.1. The molecule has 1 aromatic carbocycles. The van der Waals surface area contributed by atoms with Gasteiger partial charge in [0, 0.05) is 45.8 Å². The number of rotatable bonds is 4. The van der Waals surface area contributed by atoms with E-state index in [1.54, 1.807) is 0 Å². The summed E-state index contributed by atoms with van der Waals surface area (Å²) in [7, 11) is 0. The molecule has 2 heterocycles. The van der Waals surface area contributed by atoms with Gasteiger partial charge in [-0.05, 0) is 31.0 Å². The number of nitrogens with zero attached hydrogens (tertiary/aromatic N) is 1. The highest BCUT2D eigenvalue weighted by atomic mass is 16.6. The molecule has 22 heavy (non-hydrogen) atoms. The van der Waals surface area contributed by atoms with Crippen LogP contribution in [0, 0.1) is 0 Å².